The Bertz CT molecular complexity index is 648. The van der Waals surface area contributed by atoms with Crippen LogP contribution >= 0.6 is 0 Å². The predicted molar refractivity (Wildman–Crippen MR) is 89.1 cm³/mol. The molecule has 3 rings (SSSR count). The van der Waals surface area contributed by atoms with Crippen LogP contribution < -0.4 is 5.73 Å². The summed E-state index contributed by atoms with van der Waals surface area (Å²) < 4.78 is 37.6. The fraction of sp³-hybridized carbons (Fsp3) is 0.824. The minimum atomic E-state index is -5.08. The molecule has 2 bridgehead atoms. The molecule has 3 fully saturated rings. The number of rotatable bonds is 2. The molecule has 3 aliphatic heterocycles. The van der Waals surface area contributed by atoms with Crippen molar-refractivity contribution in [3.63, 3.8) is 0 Å². The highest BCUT2D eigenvalue weighted by Gasteiger charge is 2.61. The number of hydrogen-bond acceptors (Lipinski definition) is 5. The Balaban J connectivity index is 0.000000345. The van der Waals surface area contributed by atoms with Crippen LogP contribution in [0.2, 0.25) is 0 Å². The van der Waals surface area contributed by atoms with Gasteiger partial charge in [-0.15, -0.1) is 0 Å². The number of likely N-dealkylation sites (tertiary alicyclic amines) is 1. The first-order valence-corrected chi connectivity index (χ1v) is 8.90. The molecule has 3 aliphatic rings. The summed E-state index contributed by atoms with van der Waals surface area (Å²) in [5, 5.41) is 16.7. The molecule has 6 atom stereocenters. The maximum Gasteiger partial charge on any atom is 0.490 e. The molecule has 0 aliphatic carbocycles. The van der Waals surface area contributed by atoms with Crippen molar-refractivity contribution in [2.75, 3.05) is 6.54 Å². The topological polar surface area (TPSA) is 130 Å². The number of hydrogen-bond donors (Lipinski definition) is 3. The second-order valence-electron chi connectivity index (χ2n) is 8.45. The summed E-state index contributed by atoms with van der Waals surface area (Å²) in [5.74, 6) is -3.86. The molecule has 0 aromatic carbocycles. The molecule has 0 aromatic rings. The summed E-state index contributed by atoms with van der Waals surface area (Å²) in [6, 6.07) is -1.47. The maximum atomic E-state index is 12.7. The van der Waals surface area contributed by atoms with E-state index in [-0.39, 0.29) is 35.4 Å². The van der Waals surface area contributed by atoms with E-state index in [9.17, 15) is 27.9 Å². The molecule has 3 heterocycles. The highest BCUT2D eigenvalue weighted by molar-refractivity contribution is 5.88. The molecule has 0 radical (unpaired) electrons. The van der Waals surface area contributed by atoms with E-state index < -0.39 is 30.2 Å². The average Bonchev–Trinajstić information content (AvgIpc) is 3.23. The molecule has 0 unspecified atom stereocenters. The molecule has 3 saturated heterocycles. The van der Waals surface area contributed by atoms with E-state index in [1.807, 2.05) is 20.8 Å². The lowest BCUT2D eigenvalue weighted by Crippen LogP contribution is -2.54. The van der Waals surface area contributed by atoms with Gasteiger partial charge in [-0.05, 0) is 18.3 Å². The summed E-state index contributed by atoms with van der Waals surface area (Å²) in [4.78, 5) is 34.8. The number of ether oxygens (including phenoxy) is 1. The number of carboxylic acids is 2. The van der Waals surface area contributed by atoms with Gasteiger partial charge in [0.25, 0.3) is 0 Å². The average molecular weight is 410 g/mol. The first kappa shape index (κ1) is 22.4. The minimum Gasteiger partial charge on any atom is -0.480 e. The summed E-state index contributed by atoms with van der Waals surface area (Å²) in [6.07, 6.45) is -3.09. The highest BCUT2D eigenvalue weighted by atomic mass is 19.4. The number of nitrogens with zero attached hydrogens (tertiary/aromatic N) is 1. The van der Waals surface area contributed by atoms with Crippen molar-refractivity contribution in [1.29, 1.82) is 0 Å². The molecule has 4 N–H and O–H groups in total. The van der Waals surface area contributed by atoms with Crippen molar-refractivity contribution >= 4 is 17.8 Å². The third-order valence-electron chi connectivity index (χ3n) is 5.57. The van der Waals surface area contributed by atoms with Crippen molar-refractivity contribution in [3.8, 4) is 0 Å². The Morgan fingerprint density at radius 2 is 1.61 bits per heavy atom. The number of carbonyl (C=O) groups excluding carboxylic acids is 1. The first-order valence-electron chi connectivity index (χ1n) is 8.90. The molecule has 0 aromatic heterocycles. The van der Waals surface area contributed by atoms with Crippen LogP contribution in [0.5, 0.6) is 0 Å². The zero-order chi connectivity index (χ0) is 21.6. The van der Waals surface area contributed by atoms with Gasteiger partial charge >= 0.3 is 18.1 Å². The summed E-state index contributed by atoms with van der Waals surface area (Å²) in [5.41, 5.74) is 5.67. The van der Waals surface area contributed by atoms with Crippen molar-refractivity contribution < 1.29 is 42.5 Å². The molecular formula is C17H25F3N2O6. The molecule has 11 heteroatoms. The van der Waals surface area contributed by atoms with Gasteiger partial charge in [0.2, 0.25) is 5.91 Å². The zero-order valence-electron chi connectivity index (χ0n) is 15.8. The predicted octanol–water partition coefficient (Wildman–Crippen LogP) is 1.08. The van der Waals surface area contributed by atoms with Crippen molar-refractivity contribution in [2.45, 2.75) is 64.1 Å². The molecular weight excluding hydrogens is 385 g/mol. The van der Waals surface area contributed by atoms with Crippen LogP contribution in [0.25, 0.3) is 0 Å². The normalized spacial score (nSPS) is 32.4. The highest BCUT2D eigenvalue weighted by Crippen LogP contribution is 2.50. The van der Waals surface area contributed by atoms with Gasteiger partial charge in [-0.3, -0.25) is 4.79 Å². The van der Waals surface area contributed by atoms with Crippen LogP contribution in [0.1, 0.15) is 33.6 Å². The van der Waals surface area contributed by atoms with Gasteiger partial charge in [-0.25, -0.2) is 9.59 Å². The SMILES string of the molecule is CC(C)(C)[C@H](N)C(=O)N1C[C@H]2[C@@H]([C@H]1C(=O)O)[C@H]1CC[C@@H]2O1.O=C(O)C(F)(F)F. The van der Waals surface area contributed by atoms with E-state index >= 15 is 0 Å². The maximum absolute atomic E-state index is 12.7. The van der Waals surface area contributed by atoms with E-state index in [1.165, 1.54) is 4.90 Å². The van der Waals surface area contributed by atoms with Crippen molar-refractivity contribution in [1.82, 2.24) is 4.90 Å². The Labute approximate surface area is 159 Å². The molecule has 28 heavy (non-hydrogen) atoms. The summed E-state index contributed by atoms with van der Waals surface area (Å²) >= 11 is 0. The number of carbonyl (C=O) groups is 3. The van der Waals surface area contributed by atoms with Crippen LogP contribution in [0.4, 0.5) is 13.2 Å². The van der Waals surface area contributed by atoms with E-state index in [0.717, 1.165) is 12.8 Å². The fourth-order valence-corrected chi connectivity index (χ4v) is 4.11. The van der Waals surface area contributed by atoms with Gasteiger partial charge in [-0.2, -0.15) is 13.2 Å². The third kappa shape index (κ3) is 4.24. The van der Waals surface area contributed by atoms with Crippen molar-refractivity contribution in [2.24, 2.45) is 23.0 Å². The molecule has 160 valence electrons. The van der Waals surface area contributed by atoms with Gasteiger partial charge < -0.3 is 25.6 Å². The number of aliphatic carboxylic acids is 2. The van der Waals surface area contributed by atoms with Crippen LogP contribution in [0.3, 0.4) is 0 Å². The van der Waals surface area contributed by atoms with Gasteiger partial charge in [0, 0.05) is 18.4 Å². The van der Waals surface area contributed by atoms with Crippen LogP contribution in [-0.4, -0.2) is 70.0 Å². The van der Waals surface area contributed by atoms with Gasteiger partial charge in [-0.1, -0.05) is 20.8 Å². The van der Waals surface area contributed by atoms with E-state index in [2.05, 4.69) is 0 Å². The zero-order valence-corrected chi connectivity index (χ0v) is 15.8. The second kappa shape index (κ2) is 7.51. The smallest absolute Gasteiger partial charge is 0.480 e. The largest absolute Gasteiger partial charge is 0.490 e. The lowest BCUT2D eigenvalue weighted by atomic mass is 9.78. The van der Waals surface area contributed by atoms with E-state index in [4.69, 9.17) is 20.4 Å². The molecule has 0 saturated carbocycles. The number of carboxylic acid groups (broad SMARTS) is 2. The third-order valence-corrected chi connectivity index (χ3v) is 5.57. The standard InChI is InChI=1S/C15H24N2O4.C2HF3O2/c1-15(2,3)12(16)13(18)17-6-7-8-4-5-9(21-8)10(7)11(17)14(19)20;3-2(4,5)1(6)7/h7-12H,4-6,16H2,1-3H3,(H,19,20);(H,6,7)/t7-,8+,9-,10-,11+,12-;/m1./s1. The summed E-state index contributed by atoms with van der Waals surface area (Å²) in [7, 11) is 0. The monoisotopic (exact) mass is 410 g/mol. The Hall–Kier alpha value is -1.88. The van der Waals surface area contributed by atoms with Crippen LogP contribution in [0, 0.1) is 17.3 Å². The lowest BCUT2D eigenvalue weighted by Gasteiger charge is -2.33. The van der Waals surface area contributed by atoms with Crippen molar-refractivity contribution in [3.05, 3.63) is 0 Å². The fourth-order valence-electron chi connectivity index (χ4n) is 4.11. The number of halogens is 3. The van der Waals surface area contributed by atoms with Gasteiger partial charge in [0.05, 0.1) is 18.2 Å². The molecule has 1 amide bonds. The van der Waals surface area contributed by atoms with Gasteiger partial charge in [0.1, 0.15) is 6.04 Å². The van der Waals surface area contributed by atoms with Crippen LogP contribution in [0.15, 0.2) is 0 Å². The lowest BCUT2D eigenvalue weighted by molar-refractivity contribution is -0.192. The Morgan fingerprint density at radius 3 is 2.04 bits per heavy atom. The number of alkyl halides is 3. The minimum absolute atomic E-state index is 0.00948. The van der Waals surface area contributed by atoms with Gasteiger partial charge in [0.15, 0.2) is 0 Å². The number of fused-ring (bicyclic) bond motifs is 5. The van der Waals surface area contributed by atoms with Crippen LogP contribution in [-0.2, 0) is 19.1 Å². The quantitative estimate of drug-likeness (QED) is 0.621. The second-order valence-corrected chi connectivity index (χ2v) is 8.45. The van der Waals surface area contributed by atoms with E-state index in [1.54, 1.807) is 0 Å². The summed E-state index contributed by atoms with van der Waals surface area (Å²) in [6.45, 7) is 6.16. The number of amides is 1. The Kier molecular flexibility index (Phi) is 6.01. The molecule has 8 nitrogen and oxygen atoms in total. The first-order chi connectivity index (χ1) is 12.7. The molecule has 0 spiro atoms. The Morgan fingerprint density at radius 1 is 1.11 bits per heavy atom. The van der Waals surface area contributed by atoms with E-state index in [0.29, 0.717) is 6.54 Å². The number of nitrogens with two attached hydrogens (primary N) is 1.